The molecule has 3 aromatic rings. The molecule has 0 fully saturated rings. The SMILES string of the molecule is Cl.Cl.NCCC(N)CNC(=O)c1cc2ccc(-c3ccc(F)cc3)cc2[nH]1. The van der Waals surface area contributed by atoms with Gasteiger partial charge in [-0.1, -0.05) is 24.3 Å². The molecule has 8 heteroatoms. The van der Waals surface area contributed by atoms with Gasteiger partial charge in [-0.2, -0.15) is 0 Å². The van der Waals surface area contributed by atoms with E-state index in [-0.39, 0.29) is 42.6 Å². The molecule has 0 bridgehead atoms. The number of hydrogen-bond donors (Lipinski definition) is 4. The van der Waals surface area contributed by atoms with Gasteiger partial charge in [-0.05, 0) is 48.4 Å². The molecule has 1 unspecified atom stereocenters. The average molecular weight is 413 g/mol. The molecule has 1 atom stereocenters. The number of rotatable bonds is 6. The van der Waals surface area contributed by atoms with Gasteiger partial charge in [-0.15, -0.1) is 24.8 Å². The van der Waals surface area contributed by atoms with Gasteiger partial charge >= 0.3 is 0 Å². The van der Waals surface area contributed by atoms with E-state index in [1.807, 2.05) is 18.2 Å². The fourth-order valence-corrected chi connectivity index (χ4v) is 2.71. The van der Waals surface area contributed by atoms with Gasteiger partial charge in [0, 0.05) is 23.5 Å². The Balaban J connectivity index is 0.00000182. The zero-order valence-electron chi connectivity index (χ0n) is 14.6. The van der Waals surface area contributed by atoms with E-state index in [4.69, 9.17) is 11.5 Å². The summed E-state index contributed by atoms with van der Waals surface area (Å²) in [5.74, 6) is -0.469. The molecule has 3 rings (SSSR count). The van der Waals surface area contributed by atoms with Crippen molar-refractivity contribution in [3.05, 3.63) is 60.0 Å². The maximum atomic E-state index is 13.1. The van der Waals surface area contributed by atoms with Gasteiger partial charge < -0.3 is 21.8 Å². The summed E-state index contributed by atoms with van der Waals surface area (Å²) in [4.78, 5) is 15.4. The molecule has 0 saturated heterocycles. The van der Waals surface area contributed by atoms with Gasteiger partial charge in [0.25, 0.3) is 5.91 Å². The van der Waals surface area contributed by atoms with Crippen molar-refractivity contribution in [2.75, 3.05) is 13.1 Å². The van der Waals surface area contributed by atoms with Crippen molar-refractivity contribution in [3.63, 3.8) is 0 Å². The maximum absolute atomic E-state index is 13.1. The molecule has 0 radical (unpaired) electrons. The van der Waals surface area contributed by atoms with Crippen molar-refractivity contribution in [3.8, 4) is 11.1 Å². The normalized spacial score (nSPS) is 11.4. The minimum Gasteiger partial charge on any atom is -0.351 e. The summed E-state index contributed by atoms with van der Waals surface area (Å²) >= 11 is 0. The van der Waals surface area contributed by atoms with Crippen molar-refractivity contribution in [2.45, 2.75) is 12.5 Å². The van der Waals surface area contributed by atoms with Gasteiger partial charge in [-0.25, -0.2) is 4.39 Å². The van der Waals surface area contributed by atoms with Crippen LogP contribution in [0.15, 0.2) is 48.5 Å². The van der Waals surface area contributed by atoms with Crippen LogP contribution in [0.5, 0.6) is 0 Å². The Morgan fingerprint density at radius 2 is 1.74 bits per heavy atom. The van der Waals surface area contributed by atoms with Crippen molar-refractivity contribution in [1.29, 1.82) is 0 Å². The highest BCUT2D eigenvalue weighted by atomic mass is 35.5. The predicted molar refractivity (Wildman–Crippen MR) is 112 cm³/mol. The lowest BCUT2D eigenvalue weighted by Gasteiger charge is -2.10. The predicted octanol–water partition coefficient (Wildman–Crippen LogP) is 3.22. The number of fused-ring (bicyclic) bond motifs is 1. The second-order valence-electron chi connectivity index (χ2n) is 6.04. The minimum absolute atomic E-state index is 0. The summed E-state index contributed by atoms with van der Waals surface area (Å²) in [6.07, 6.45) is 0.661. The summed E-state index contributed by atoms with van der Waals surface area (Å²) in [7, 11) is 0. The maximum Gasteiger partial charge on any atom is 0.267 e. The van der Waals surface area contributed by atoms with Crippen molar-refractivity contribution in [2.24, 2.45) is 11.5 Å². The average Bonchev–Trinajstić information content (AvgIpc) is 3.04. The number of nitrogens with one attached hydrogen (secondary N) is 2. The number of carbonyl (C=O) groups excluding carboxylic acids is 1. The van der Waals surface area contributed by atoms with Crippen molar-refractivity contribution < 1.29 is 9.18 Å². The standard InChI is InChI=1S/C19H21FN4O.2ClH/c20-15-5-3-12(4-6-15)13-1-2-14-10-18(24-17(14)9-13)19(25)23-11-16(22)7-8-21;;/h1-6,9-10,16,24H,7-8,11,21-22H2,(H,23,25);2*1H. The van der Waals surface area contributed by atoms with E-state index in [0.29, 0.717) is 25.2 Å². The largest absolute Gasteiger partial charge is 0.351 e. The topological polar surface area (TPSA) is 96.9 Å². The molecule has 1 heterocycles. The van der Waals surface area contributed by atoms with Crippen LogP contribution in [0.25, 0.3) is 22.0 Å². The molecular formula is C19H23Cl2FN4O. The van der Waals surface area contributed by atoms with E-state index in [2.05, 4.69) is 10.3 Å². The Morgan fingerprint density at radius 1 is 1.07 bits per heavy atom. The molecular weight excluding hydrogens is 390 g/mol. The molecule has 1 aromatic heterocycles. The Kier molecular flexibility index (Phi) is 8.72. The number of aromatic amines is 1. The van der Waals surface area contributed by atoms with E-state index in [9.17, 15) is 9.18 Å². The molecule has 0 saturated carbocycles. The first-order chi connectivity index (χ1) is 12.1. The summed E-state index contributed by atoms with van der Waals surface area (Å²) in [5, 5.41) is 3.74. The number of H-pyrrole nitrogens is 1. The molecule has 0 aliphatic carbocycles. The lowest BCUT2D eigenvalue weighted by atomic mass is 10.0. The molecule has 27 heavy (non-hydrogen) atoms. The summed E-state index contributed by atoms with van der Waals surface area (Å²) in [6.45, 7) is 0.877. The minimum atomic E-state index is -0.267. The molecule has 0 aliphatic rings. The van der Waals surface area contributed by atoms with Gasteiger partial charge in [0.15, 0.2) is 0 Å². The molecule has 5 nitrogen and oxygen atoms in total. The van der Waals surface area contributed by atoms with Crippen LogP contribution >= 0.6 is 24.8 Å². The Bertz CT molecular complexity index is 883. The Labute approximate surface area is 169 Å². The third-order valence-electron chi connectivity index (χ3n) is 4.11. The Hall–Kier alpha value is -2.12. The van der Waals surface area contributed by atoms with Crippen LogP contribution in [0.1, 0.15) is 16.9 Å². The second kappa shape index (κ2) is 10.3. The summed E-state index contributed by atoms with van der Waals surface area (Å²) in [5.41, 5.74) is 14.5. The first kappa shape index (κ1) is 22.9. The smallest absolute Gasteiger partial charge is 0.267 e. The van der Waals surface area contributed by atoms with Gasteiger partial charge in [0.05, 0.1) is 0 Å². The number of carbonyl (C=O) groups is 1. The molecule has 146 valence electrons. The summed E-state index contributed by atoms with van der Waals surface area (Å²) < 4.78 is 13.1. The van der Waals surface area contributed by atoms with E-state index >= 15 is 0 Å². The zero-order valence-corrected chi connectivity index (χ0v) is 16.2. The highest BCUT2D eigenvalue weighted by Crippen LogP contribution is 2.25. The monoisotopic (exact) mass is 412 g/mol. The highest BCUT2D eigenvalue weighted by Gasteiger charge is 2.11. The second-order valence-corrected chi connectivity index (χ2v) is 6.04. The van der Waals surface area contributed by atoms with Crippen molar-refractivity contribution in [1.82, 2.24) is 10.3 Å². The van der Waals surface area contributed by atoms with Crippen LogP contribution in [0, 0.1) is 5.82 Å². The van der Waals surface area contributed by atoms with Crippen molar-refractivity contribution >= 4 is 41.6 Å². The number of benzene rings is 2. The molecule has 1 amide bonds. The number of aromatic nitrogens is 1. The fraction of sp³-hybridized carbons (Fsp3) is 0.211. The van der Waals surface area contributed by atoms with Crippen LogP contribution in [0.2, 0.25) is 0 Å². The number of amides is 1. The van der Waals surface area contributed by atoms with Crippen LogP contribution < -0.4 is 16.8 Å². The third-order valence-corrected chi connectivity index (χ3v) is 4.11. The van der Waals surface area contributed by atoms with Crippen LogP contribution in [-0.2, 0) is 0 Å². The van der Waals surface area contributed by atoms with Gasteiger partial charge in [0.1, 0.15) is 11.5 Å². The number of hydrogen-bond acceptors (Lipinski definition) is 3. The summed E-state index contributed by atoms with van der Waals surface area (Å²) in [6, 6.07) is 13.8. The number of nitrogens with two attached hydrogens (primary N) is 2. The van der Waals surface area contributed by atoms with E-state index in [1.54, 1.807) is 18.2 Å². The molecule has 6 N–H and O–H groups in total. The highest BCUT2D eigenvalue weighted by molar-refractivity contribution is 5.98. The van der Waals surface area contributed by atoms with Crippen LogP contribution in [0.4, 0.5) is 4.39 Å². The molecule has 0 spiro atoms. The quantitative estimate of drug-likeness (QED) is 0.500. The van der Waals surface area contributed by atoms with E-state index < -0.39 is 0 Å². The lowest BCUT2D eigenvalue weighted by molar-refractivity contribution is 0.0946. The van der Waals surface area contributed by atoms with Gasteiger partial charge in [0.2, 0.25) is 0 Å². The third kappa shape index (κ3) is 5.68. The fourth-order valence-electron chi connectivity index (χ4n) is 2.71. The van der Waals surface area contributed by atoms with Crippen LogP contribution in [-0.4, -0.2) is 30.0 Å². The lowest BCUT2D eigenvalue weighted by Crippen LogP contribution is -2.38. The molecule has 0 aliphatic heterocycles. The van der Waals surface area contributed by atoms with E-state index in [0.717, 1.165) is 22.0 Å². The van der Waals surface area contributed by atoms with E-state index in [1.165, 1.54) is 12.1 Å². The number of halogens is 3. The zero-order chi connectivity index (χ0) is 17.8. The first-order valence-electron chi connectivity index (χ1n) is 8.19. The first-order valence-corrected chi connectivity index (χ1v) is 8.19. The van der Waals surface area contributed by atoms with Crippen LogP contribution in [0.3, 0.4) is 0 Å². The van der Waals surface area contributed by atoms with Gasteiger partial charge in [-0.3, -0.25) is 4.79 Å². The Morgan fingerprint density at radius 3 is 2.41 bits per heavy atom. The molecule has 2 aromatic carbocycles.